The number of hydrogen-bond acceptors (Lipinski definition) is 2. The van der Waals surface area contributed by atoms with Crippen LogP contribution >= 0.6 is 45.2 Å². The van der Waals surface area contributed by atoms with E-state index in [4.69, 9.17) is 10.2 Å². The van der Waals surface area contributed by atoms with Gasteiger partial charge in [0.15, 0.2) is 0 Å². The van der Waals surface area contributed by atoms with E-state index in [0.29, 0.717) is 0 Å². The third kappa shape index (κ3) is 19.1. The Balaban J connectivity index is -0.000000143. The zero-order valence-corrected chi connectivity index (χ0v) is 13.9. The van der Waals surface area contributed by atoms with Crippen molar-refractivity contribution in [2.24, 2.45) is 0 Å². The van der Waals surface area contributed by atoms with Crippen LogP contribution < -0.4 is 0 Å². The van der Waals surface area contributed by atoms with E-state index in [9.17, 15) is 9.59 Å². The second kappa shape index (κ2) is 10.6. The number of rotatable bonds is 2. The van der Waals surface area contributed by atoms with E-state index < -0.39 is 11.9 Å². The first-order chi connectivity index (χ1) is 5.29. The molecule has 0 aliphatic heterocycles. The SMILES string of the molecule is C=C(I)C(=O)O.C=C(I)C(=O)O.[Zn]. The predicted octanol–water partition coefficient (Wildman–Crippen LogP) is 2.04. The van der Waals surface area contributed by atoms with Gasteiger partial charge in [-0.1, -0.05) is 13.2 Å². The fourth-order valence-electron chi connectivity index (χ4n) is 0. The Morgan fingerprint density at radius 1 is 0.923 bits per heavy atom. The molecule has 0 aliphatic rings. The largest absolute Gasteiger partial charge is 0.477 e. The number of aliphatic carboxylic acids is 2. The summed E-state index contributed by atoms with van der Waals surface area (Å²) in [6.07, 6.45) is 0. The van der Waals surface area contributed by atoms with Gasteiger partial charge in [-0.25, -0.2) is 9.59 Å². The predicted molar refractivity (Wildman–Crippen MR) is 61.6 cm³/mol. The first-order valence-corrected chi connectivity index (χ1v) is 4.60. The van der Waals surface area contributed by atoms with Crippen LogP contribution in [0.1, 0.15) is 0 Å². The van der Waals surface area contributed by atoms with Crippen LogP contribution in [-0.4, -0.2) is 22.2 Å². The van der Waals surface area contributed by atoms with E-state index in [-0.39, 0.29) is 26.6 Å². The van der Waals surface area contributed by atoms with Crippen LogP contribution in [-0.2, 0) is 29.1 Å². The van der Waals surface area contributed by atoms with Crippen molar-refractivity contribution in [2.75, 3.05) is 0 Å². The molecule has 0 radical (unpaired) electrons. The molecule has 0 bridgehead atoms. The quantitative estimate of drug-likeness (QED) is 0.375. The van der Waals surface area contributed by atoms with Crippen LogP contribution in [0.25, 0.3) is 0 Å². The molecule has 0 aromatic carbocycles. The number of hydrogen-bond donors (Lipinski definition) is 2. The molecule has 0 fully saturated rings. The fraction of sp³-hybridized carbons (Fsp3) is 0. The Kier molecular flexibility index (Phi) is 15.6. The Morgan fingerprint density at radius 2 is 1.00 bits per heavy atom. The summed E-state index contributed by atoms with van der Waals surface area (Å²) in [6, 6.07) is 0. The molecule has 0 unspecified atom stereocenters. The minimum Gasteiger partial charge on any atom is -0.477 e. The number of carboxylic acids is 2. The zero-order chi connectivity index (χ0) is 10.3. The van der Waals surface area contributed by atoms with Crippen molar-refractivity contribution < 1.29 is 39.3 Å². The van der Waals surface area contributed by atoms with Gasteiger partial charge in [-0.3, -0.25) is 0 Å². The van der Waals surface area contributed by atoms with Gasteiger partial charge in [0.1, 0.15) is 0 Å². The Bertz CT molecular complexity index is 179. The molecule has 70 valence electrons. The van der Waals surface area contributed by atoms with Gasteiger partial charge in [0, 0.05) is 19.5 Å². The summed E-state index contributed by atoms with van der Waals surface area (Å²) in [7, 11) is 0. The van der Waals surface area contributed by atoms with Crippen LogP contribution in [0.3, 0.4) is 0 Å². The van der Waals surface area contributed by atoms with Gasteiger partial charge < -0.3 is 10.2 Å². The van der Waals surface area contributed by atoms with Gasteiger partial charge in [0.05, 0.1) is 7.16 Å². The molecule has 0 atom stereocenters. The van der Waals surface area contributed by atoms with Crippen LogP contribution in [0.15, 0.2) is 20.3 Å². The van der Waals surface area contributed by atoms with E-state index in [2.05, 4.69) is 13.2 Å². The van der Waals surface area contributed by atoms with Crippen molar-refractivity contribution in [2.45, 2.75) is 0 Å². The molecule has 0 rings (SSSR count). The monoisotopic (exact) mass is 460 g/mol. The smallest absolute Gasteiger partial charge is 0.341 e. The molecule has 0 amide bonds. The molecule has 0 aliphatic carbocycles. The molecule has 0 saturated carbocycles. The summed E-state index contributed by atoms with van der Waals surface area (Å²) in [5.41, 5.74) is 0. The van der Waals surface area contributed by atoms with Gasteiger partial charge >= 0.3 is 11.9 Å². The minimum atomic E-state index is -0.949. The summed E-state index contributed by atoms with van der Waals surface area (Å²) in [5, 5.41) is 15.8. The third-order valence-corrected chi connectivity index (χ3v) is 1.39. The third-order valence-electron chi connectivity index (χ3n) is 0.464. The van der Waals surface area contributed by atoms with Crippen LogP contribution in [0.5, 0.6) is 0 Å². The molecule has 0 spiro atoms. The molecule has 0 heterocycles. The molecule has 0 aromatic rings. The second-order valence-corrected chi connectivity index (χ2v) is 4.02. The number of carboxylic acid groups (broad SMARTS) is 2. The Labute approximate surface area is 116 Å². The summed E-state index contributed by atoms with van der Waals surface area (Å²) in [5.74, 6) is -1.90. The van der Waals surface area contributed by atoms with E-state index in [0.717, 1.165) is 0 Å². The zero-order valence-electron chi connectivity index (χ0n) is 6.59. The van der Waals surface area contributed by atoms with Crippen molar-refractivity contribution in [3.63, 3.8) is 0 Å². The van der Waals surface area contributed by atoms with Crippen molar-refractivity contribution >= 4 is 57.1 Å². The van der Waals surface area contributed by atoms with E-state index in [1.807, 2.05) is 0 Å². The Morgan fingerprint density at radius 3 is 1.00 bits per heavy atom. The maximum atomic E-state index is 9.59. The maximum absolute atomic E-state index is 9.59. The van der Waals surface area contributed by atoms with Crippen molar-refractivity contribution in [3.8, 4) is 0 Å². The van der Waals surface area contributed by atoms with Gasteiger partial charge in [-0.15, -0.1) is 0 Å². The minimum absolute atomic E-state index is 0. The molecular formula is C6H6I2O4Zn. The first kappa shape index (κ1) is 19.1. The topological polar surface area (TPSA) is 74.6 Å². The van der Waals surface area contributed by atoms with Gasteiger partial charge in [0.25, 0.3) is 0 Å². The first-order valence-electron chi connectivity index (χ1n) is 2.44. The average Bonchev–Trinajstić information content (AvgIpc) is 1.88. The van der Waals surface area contributed by atoms with E-state index in [1.54, 1.807) is 45.2 Å². The fourth-order valence-corrected chi connectivity index (χ4v) is 0. The summed E-state index contributed by atoms with van der Waals surface area (Å²) >= 11 is 3.28. The molecular weight excluding hydrogens is 455 g/mol. The average molecular weight is 461 g/mol. The molecule has 0 saturated heterocycles. The van der Waals surface area contributed by atoms with Crippen LogP contribution in [0.4, 0.5) is 0 Å². The second-order valence-electron chi connectivity index (χ2n) is 1.42. The molecule has 0 aromatic heterocycles. The van der Waals surface area contributed by atoms with Crippen molar-refractivity contribution in [1.29, 1.82) is 0 Å². The van der Waals surface area contributed by atoms with Crippen molar-refractivity contribution in [1.82, 2.24) is 0 Å². The number of carbonyl (C=O) groups is 2. The van der Waals surface area contributed by atoms with Crippen LogP contribution in [0.2, 0.25) is 0 Å². The van der Waals surface area contributed by atoms with Gasteiger partial charge in [-0.2, -0.15) is 0 Å². The van der Waals surface area contributed by atoms with Gasteiger partial charge in [0.2, 0.25) is 0 Å². The van der Waals surface area contributed by atoms with E-state index in [1.165, 1.54) is 0 Å². The van der Waals surface area contributed by atoms with Gasteiger partial charge in [-0.05, 0) is 45.2 Å². The van der Waals surface area contributed by atoms with Crippen LogP contribution in [0, 0.1) is 0 Å². The molecule has 13 heavy (non-hydrogen) atoms. The maximum Gasteiger partial charge on any atom is 0.341 e. The molecule has 7 heteroatoms. The van der Waals surface area contributed by atoms with Crippen molar-refractivity contribution in [3.05, 3.63) is 20.3 Å². The number of halogens is 2. The van der Waals surface area contributed by atoms with E-state index >= 15 is 0 Å². The molecule has 2 N–H and O–H groups in total. The normalized spacial score (nSPS) is 6.92. The molecule has 4 nitrogen and oxygen atoms in total. The summed E-state index contributed by atoms with van der Waals surface area (Å²) in [6.45, 7) is 6.28. The summed E-state index contributed by atoms with van der Waals surface area (Å²) < 4.78 is 0.292. The Hall–Kier alpha value is 0.503. The standard InChI is InChI=1S/2C3H3IO2.Zn/c2*1-2(4)3(5)6;/h2*1H2,(H,5,6);. The summed E-state index contributed by atoms with van der Waals surface area (Å²) in [4.78, 5) is 19.2.